The molecule has 1 aromatic carbocycles. The summed E-state index contributed by atoms with van der Waals surface area (Å²) in [6, 6.07) is 8.12. The van der Waals surface area contributed by atoms with Crippen LogP contribution < -0.4 is 10.2 Å². The molecule has 1 aliphatic rings. The standard InChI is InChI=1S/C20H22N2O4S/c1-12(2)17(21-18(23)16-5-4-10-27-16)19(24)22-9-8-13-11-14(20(25)26-3)6-7-15(13)22/h4-7,10-12,17H,8-9H2,1-3H3,(H,21,23). The Balaban J connectivity index is 1.80. The summed E-state index contributed by atoms with van der Waals surface area (Å²) in [6.07, 6.45) is 0.662. The average Bonchev–Trinajstić information content (AvgIpc) is 3.33. The molecule has 1 atom stereocenters. The number of ether oxygens (including phenoxy) is 1. The van der Waals surface area contributed by atoms with Gasteiger partial charge in [0, 0.05) is 12.2 Å². The van der Waals surface area contributed by atoms with Crippen LogP contribution in [-0.4, -0.2) is 37.5 Å². The summed E-state index contributed by atoms with van der Waals surface area (Å²) < 4.78 is 4.75. The van der Waals surface area contributed by atoms with Crippen molar-refractivity contribution in [3.63, 3.8) is 0 Å². The normalized spacial score (nSPS) is 14.0. The predicted octanol–water partition coefficient (Wildman–Crippen LogP) is 2.88. The van der Waals surface area contributed by atoms with E-state index in [0.29, 0.717) is 23.4 Å². The molecule has 6 nitrogen and oxygen atoms in total. The van der Waals surface area contributed by atoms with Gasteiger partial charge >= 0.3 is 5.97 Å². The van der Waals surface area contributed by atoms with Gasteiger partial charge in [0.2, 0.25) is 5.91 Å². The molecule has 0 spiro atoms. The molecule has 0 bridgehead atoms. The Morgan fingerprint density at radius 3 is 2.63 bits per heavy atom. The lowest BCUT2D eigenvalue weighted by Crippen LogP contribution is -2.51. The highest BCUT2D eigenvalue weighted by Gasteiger charge is 2.33. The highest BCUT2D eigenvalue weighted by atomic mass is 32.1. The van der Waals surface area contributed by atoms with Crippen LogP contribution in [0.25, 0.3) is 0 Å². The van der Waals surface area contributed by atoms with E-state index in [-0.39, 0.29) is 17.7 Å². The Labute approximate surface area is 162 Å². The first-order valence-corrected chi connectivity index (χ1v) is 9.67. The number of carbonyl (C=O) groups is 3. The molecule has 1 aliphatic heterocycles. The van der Waals surface area contributed by atoms with E-state index in [1.165, 1.54) is 18.4 Å². The molecule has 0 saturated heterocycles. The van der Waals surface area contributed by atoms with Crippen molar-refractivity contribution in [2.75, 3.05) is 18.6 Å². The number of methoxy groups -OCH3 is 1. The second-order valence-electron chi connectivity index (χ2n) is 6.75. The summed E-state index contributed by atoms with van der Waals surface area (Å²) >= 11 is 1.34. The number of hydrogen-bond acceptors (Lipinski definition) is 5. The van der Waals surface area contributed by atoms with Crippen molar-refractivity contribution in [2.45, 2.75) is 26.3 Å². The van der Waals surface area contributed by atoms with Crippen LogP contribution in [0.15, 0.2) is 35.7 Å². The van der Waals surface area contributed by atoms with Gasteiger partial charge in [0.1, 0.15) is 6.04 Å². The summed E-state index contributed by atoms with van der Waals surface area (Å²) in [4.78, 5) is 39.6. The second kappa shape index (κ2) is 7.92. The molecule has 1 N–H and O–H groups in total. The van der Waals surface area contributed by atoms with Crippen molar-refractivity contribution in [2.24, 2.45) is 5.92 Å². The molecule has 0 aliphatic carbocycles. The van der Waals surface area contributed by atoms with Crippen LogP contribution in [0.4, 0.5) is 5.69 Å². The second-order valence-corrected chi connectivity index (χ2v) is 7.70. The first kappa shape index (κ1) is 19.1. The molecular formula is C20H22N2O4S. The number of hydrogen-bond donors (Lipinski definition) is 1. The number of benzene rings is 1. The van der Waals surface area contributed by atoms with Gasteiger partial charge in [-0.1, -0.05) is 19.9 Å². The number of anilines is 1. The number of amides is 2. The maximum atomic E-state index is 13.2. The van der Waals surface area contributed by atoms with Crippen LogP contribution in [0.2, 0.25) is 0 Å². The molecule has 0 fully saturated rings. The van der Waals surface area contributed by atoms with Crippen LogP contribution in [-0.2, 0) is 16.0 Å². The van der Waals surface area contributed by atoms with Crippen molar-refractivity contribution >= 4 is 34.8 Å². The van der Waals surface area contributed by atoms with Crippen molar-refractivity contribution in [3.8, 4) is 0 Å². The van der Waals surface area contributed by atoms with E-state index < -0.39 is 12.0 Å². The maximum Gasteiger partial charge on any atom is 0.337 e. The van der Waals surface area contributed by atoms with E-state index in [2.05, 4.69) is 5.32 Å². The molecular weight excluding hydrogens is 364 g/mol. The Bertz CT molecular complexity index is 861. The smallest absolute Gasteiger partial charge is 0.337 e. The summed E-state index contributed by atoms with van der Waals surface area (Å²) in [5.41, 5.74) is 2.18. The van der Waals surface area contributed by atoms with Crippen LogP contribution in [0.1, 0.15) is 39.4 Å². The predicted molar refractivity (Wildman–Crippen MR) is 104 cm³/mol. The maximum absolute atomic E-state index is 13.2. The van der Waals surface area contributed by atoms with Gasteiger partial charge in [0.25, 0.3) is 5.91 Å². The summed E-state index contributed by atoms with van der Waals surface area (Å²) in [5.74, 6) is -0.831. The fourth-order valence-corrected chi connectivity index (χ4v) is 3.80. The summed E-state index contributed by atoms with van der Waals surface area (Å²) in [5, 5.41) is 4.70. The fraction of sp³-hybridized carbons (Fsp3) is 0.350. The molecule has 27 heavy (non-hydrogen) atoms. The van der Waals surface area contributed by atoms with E-state index in [1.54, 1.807) is 35.2 Å². The summed E-state index contributed by atoms with van der Waals surface area (Å²) in [6.45, 7) is 4.35. The molecule has 7 heteroatoms. The monoisotopic (exact) mass is 386 g/mol. The van der Waals surface area contributed by atoms with Gasteiger partial charge in [-0.2, -0.15) is 0 Å². The number of rotatable bonds is 5. The molecule has 3 rings (SSSR count). The third-order valence-corrected chi connectivity index (χ3v) is 5.50. The minimum atomic E-state index is -0.620. The van der Waals surface area contributed by atoms with E-state index >= 15 is 0 Å². The quantitative estimate of drug-likeness (QED) is 0.802. The van der Waals surface area contributed by atoms with Gasteiger partial charge in [-0.3, -0.25) is 9.59 Å². The topological polar surface area (TPSA) is 75.7 Å². The van der Waals surface area contributed by atoms with Gasteiger partial charge < -0.3 is 15.0 Å². The molecule has 2 aromatic rings. The number of nitrogens with zero attached hydrogens (tertiary/aromatic N) is 1. The van der Waals surface area contributed by atoms with Crippen LogP contribution in [0.3, 0.4) is 0 Å². The van der Waals surface area contributed by atoms with Crippen LogP contribution in [0.5, 0.6) is 0 Å². The first-order chi connectivity index (χ1) is 12.9. The molecule has 142 valence electrons. The zero-order valence-electron chi connectivity index (χ0n) is 15.5. The highest BCUT2D eigenvalue weighted by molar-refractivity contribution is 7.12. The Kier molecular flexibility index (Phi) is 5.60. The first-order valence-electron chi connectivity index (χ1n) is 8.79. The number of esters is 1. The molecule has 1 unspecified atom stereocenters. The summed E-state index contributed by atoms with van der Waals surface area (Å²) in [7, 11) is 1.34. The Morgan fingerprint density at radius 2 is 2.00 bits per heavy atom. The minimum absolute atomic E-state index is 0.0557. The Hall–Kier alpha value is -2.67. The van der Waals surface area contributed by atoms with Gasteiger partial charge in [-0.05, 0) is 47.5 Å². The van der Waals surface area contributed by atoms with Gasteiger partial charge in [0.15, 0.2) is 0 Å². The number of nitrogens with one attached hydrogen (secondary N) is 1. The molecule has 0 radical (unpaired) electrons. The largest absolute Gasteiger partial charge is 0.465 e. The SMILES string of the molecule is COC(=O)c1ccc2c(c1)CCN2C(=O)C(NC(=O)c1cccs1)C(C)C. The van der Waals surface area contributed by atoms with Crippen LogP contribution >= 0.6 is 11.3 Å². The van der Waals surface area contributed by atoms with Gasteiger partial charge in [-0.25, -0.2) is 4.79 Å². The molecule has 2 heterocycles. The van der Waals surface area contributed by atoms with Gasteiger partial charge in [0.05, 0.1) is 17.6 Å². The number of thiophene rings is 1. The van der Waals surface area contributed by atoms with Crippen molar-refractivity contribution in [3.05, 3.63) is 51.7 Å². The van der Waals surface area contributed by atoms with E-state index in [9.17, 15) is 14.4 Å². The third kappa shape index (κ3) is 3.88. The van der Waals surface area contributed by atoms with Crippen molar-refractivity contribution in [1.82, 2.24) is 5.32 Å². The molecule has 0 saturated carbocycles. The zero-order valence-corrected chi connectivity index (χ0v) is 16.3. The van der Waals surface area contributed by atoms with E-state index in [4.69, 9.17) is 4.74 Å². The van der Waals surface area contributed by atoms with Crippen molar-refractivity contribution < 1.29 is 19.1 Å². The Morgan fingerprint density at radius 1 is 1.22 bits per heavy atom. The van der Waals surface area contributed by atoms with Crippen molar-refractivity contribution in [1.29, 1.82) is 0 Å². The highest BCUT2D eigenvalue weighted by Crippen LogP contribution is 2.30. The average molecular weight is 386 g/mol. The lowest BCUT2D eigenvalue weighted by atomic mass is 10.0. The number of fused-ring (bicyclic) bond motifs is 1. The van der Waals surface area contributed by atoms with E-state index in [0.717, 1.165) is 11.3 Å². The van der Waals surface area contributed by atoms with Gasteiger partial charge in [-0.15, -0.1) is 11.3 Å². The fourth-order valence-electron chi connectivity index (χ4n) is 3.18. The van der Waals surface area contributed by atoms with E-state index in [1.807, 2.05) is 19.2 Å². The number of carbonyl (C=O) groups excluding carboxylic acids is 3. The molecule has 1 aromatic heterocycles. The zero-order chi connectivity index (χ0) is 19.6. The lowest BCUT2D eigenvalue weighted by molar-refractivity contribution is -0.121. The molecule has 2 amide bonds. The lowest BCUT2D eigenvalue weighted by Gasteiger charge is -2.27. The third-order valence-electron chi connectivity index (χ3n) is 4.63. The van der Waals surface area contributed by atoms with Crippen LogP contribution in [0, 0.1) is 5.92 Å². The minimum Gasteiger partial charge on any atom is -0.465 e.